The third-order valence-corrected chi connectivity index (χ3v) is 2.42. The number of hydrogen-bond acceptors (Lipinski definition) is 4. The summed E-state index contributed by atoms with van der Waals surface area (Å²) in [6.07, 6.45) is -1.50. The lowest BCUT2D eigenvalue weighted by molar-refractivity contribution is 0.0150. The molecule has 1 rings (SSSR count). The highest BCUT2D eigenvalue weighted by molar-refractivity contribution is 7.80. The van der Waals surface area contributed by atoms with Gasteiger partial charge in [-0.15, -0.1) is 0 Å². The minimum absolute atomic E-state index is 0.152. The van der Waals surface area contributed by atoms with Gasteiger partial charge in [-0.25, -0.2) is 0 Å². The highest BCUT2D eigenvalue weighted by Crippen LogP contribution is 2.21. The quantitative estimate of drug-likeness (QED) is 0.477. The molecular formula is C11H17N3O2S. The van der Waals surface area contributed by atoms with Crippen molar-refractivity contribution in [2.75, 3.05) is 11.9 Å². The molecule has 0 aliphatic rings. The topological polar surface area (TPSA) is 105 Å². The number of anilines is 1. The standard InChI is InChI=1S/C11H17N3O2S/c12-5-4-9(15)10(16)7-2-1-3-8(6-7)14-11(13)17/h1-3,6,9-10,15-16H,4-5,12H2,(H3,13,14,17). The summed E-state index contributed by atoms with van der Waals surface area (Å²) in [5, 5.41) is 22.4. The number of nitrogens with one attached hydrogen (secondary N) is 1. The number of rotatable bonds is 5. The SMILES string of the molecule is NCCC(O)C(O)c1cccc(NC(N)=S)c1. The number of thiocarbonyl (C=S) groups is 1. The number of aliphatic hydroxyl groups is 2. The largest absolute Gasteiger partial charge is 0.390 e. The average molecular weight is 255 g/mol. The van der Waals surface area contributed by atoms with Gasteiger partial charge in [-0.2, -0.15) is 0 Å². The minimum Gasteiger partial charge on any atom is -0.390 e. The lowest BCUT2D eigenvalue weighted by Crippen LogP contribution is -2.22. The zero-order valence-corrected chi connectivity index (χ0v) is 10.2. The zero-order chi connectivity index (χ0) is 12.8. The van der Waals surface area contributed by atoms with Crippen molar-refractivity contribution in [1.29, 1.82) is 0 Å². The maximum Gasteiger partial charge on any atom is 0.168 e. The molecule has 5 nitrogen and oxygen atoms in total. The van der Waals surface area contributed by atoms with Gasteiger partial charge in [0.25, 0.3) is 0 Å². The Kier molecular flexibility index (Phi) is 5.30. The van der Waals surface area contributed by atoms with Gasteiger partial charge in [0.15, 0.2) is 5.11 Å². The van der Waals surface area contributed by atoms with Crippen LogP contribution in [-0.2, 0) is 0 Å². The van der Waals surface area contributed by atoms with Crippen molar-refractivity contribution in [2.24, 2.45) is 11.5 Å². The molecule has 1 aromatic rings. The normalized spacial score (nSPS) is 14.1. The summed E-state index contributed by atoms with van der Waals surface area (Å²) in [7, 11) is 0. The third kappa shape index (κ3) is 4.27. The molecule has 0 saturated carbocycles. The van der Waals surface area contributed by atoms with E-state index in [1.165, 1.54) is 0 Å². The molecule has 17 heavy (non-hydrogen) atoms. The van der Waals surface area contributed by atoms with Gasteiger partial charge in [0.2, 0.25) is 0 Å². The molecule has 2 unspecified atom stereocenters. The first-order chi connectivity index (χ1) is 8.04. The highest BCUT2D eigenvalue weighted by Gasteiger charge is 2.17. The molecule has 0 amide bonds. The fourth-order valence-corrected chi connectivity index (χ4v) is 1.61. The van der Waals surface area contributed by atoms with Crippen LogP contribution in [0.4, 0.5) is 5.69 Å². The molecule has 0 aromatic heterocycles. The van der Waals surface area contributed by atoms with E-state index in [1.807, 2.05) is 0 Å². The van der Waals surface area contributed by atoms with Gasteiger partial charge < -0.3 is 27.0 Å². The predicted molar refractivity (Wildman–Crippen MR) is 71.5 cm³/mol. The van der Waals surface area contributed by atoms with Gasteiger partial charge in [-0.3, -0.25) is 0 Å². The van der Waals surface area contributed by atoms with Crippen LogP contribution in [0.25, 0.3) is 0 Å². The maximum absolute atomic E-state index is 9.88. The smallest absolute Gasteiger partial charge is 0.168 e. The second-order valence-electron chi connectivity index (χ2n) is 3.70. The van der Waals surface area contributed by atoms with Gasteiger partial charge in [-0.05, 0) is 42.9 Å². The van der Waals surface area contributed by atoms with Crippen LogP contribution >= 0.6 is 12.2 Å². The highest BCUT2D eigenvalue weighted by atomic mass is 32.1. The summed E-state index contributed by atoms with van der Waals surface area (Å²) in [6.45, 7) is 0.322. The molecule has 0 bridgehead atoms. The molecule has 2 atom stereocenters. The van der Waals surface area contributed by atoms with Crippen molar-refractivity contribution < 1.29 is 10.2 Å². The van der Waals surface area contributed by atoms with Crippen molar-refractivity contribution in [1.82, 2.24) is 0 Å². The van der Waals surface area contributed by atoms with Crippen molar-refractivity contribution in [3.63, 3.8) is 0 Å². The Balaban J connectivity index is 2.79. The molecule has 0 heterocycles. The van der Waals surface area contributed by atoms with E-state index in [-0.39, 0.29) is 5.11 Å². The Labute approximate surface area is 105 Å². The van der Waals surface area contributed by atoms with Crippen LogP contribution < -0.4 is 16.8 Å². The first-order valence-corrected chi connectivity index (χ1v) is 5.68. The summed E-state index contributed by atoms with van der Waals surface area (Å²) in [5.41, 5.74) is 11.9. The van der Waals surface area contributed by atoms with Crippen LogP contribution in [0.5, 0.6) is 0 Å². The molecule has 0 aliphatic carbocycles. The zero-order valence-electron chi connectivity index (χ0n) is 9.34. The van der Waals surface area contributed by atoms with Gasteiger partial charge in [0.05, 0.1) is 6.10 Å². The molecule has 1 aromatic carbocycles. The van der Waals surface area contributed by atoms with Crippen LogP contribution in [0, 0.1) is 0 Å². The van der Waals surface area contributed by atoms with Crippen molar-refractivity contribution in [2.45, 2.75) is 18.6 Å². The van der Waals surface area contributed by atoms with E-state index in [0.717, 1.165) is 0 Å². The van der Waals surface area contributed by atoms with Crippen molar-refractivity contribution >= 4 is 23.0 Å². The number of hydrogen-bond donors (Lipinski definition) is 5. The van der Waals surface area contributed by atoms with E-state index >= 15 is 0 Å². The first kappa shape index (κ1) is 13.9. The van der Waals surface area contributed by atoms with Gasteiger partial charge in [-0.1, -0.05) is 12.1 Å². The van der Waals surface area contributed by atoms with Crippen LogP contribution in [-0.4, -0.2) is 28.0 Å². The fraction of sp³-hybridized carbons (Fsp3) is 0.364. The second kappa shape index (κ2) is 6.51. The summed E-state index contributed by atoms with van der Waals surface area (Å²) in [4.78, 5) is 0. The maximum atomic E-state index is 9.88. The Hall–Kier alpha value is -1.21. The summed E-state index contributed by atoms with van der Waals surface area (Å²) >= 11 is 4.72. The molecule has 0 spiro atoms. The Bertz CT molecular complexity index is 387. The van der Waals surface area contributed by atoms with Crippen LogP contribution in [0.1, 0.15) is 18.1 Å². The van der Waals surface area contributed by atoms with Crippen molar-refractivity contribution in [3.05, 3.63) is 29.8 Å². The van der Waals surface area contributed by atoms with E-state index in [9.17, 15) is 10.2 Å². The van der Waals surface area contributed by atoms with Crippen molar-refractivity contribution in [3.8, 4) is 0 Å². The molecular weight excluding hydrogens is 238 g/mol. The fourth-order valence-electron chi connectivity index (χ4n) is 1.49. The van der Waals surface area contributed by atoms with Gasteiger partial charge in [0, 0.05) is 5.69 Å². The van der Waals surface area contributed by atoms with Crippen LogP contribution in [0.2, 0.25) is 0 Å². The first-order valence-electron chi connectivity index (χ1n) is 5.27. The molecule has 0 aliphatic heterocycles. The summed E-state index contributed by atoms with van der Waals surface area (Å²) in [6, 6.07) is 6.91. The Morgan fingerprint density at radius 3 is 2.71 bits per heavy atom. The Morgan fingerprint density at radius 2 is 2.12 bits per heavy atom. The predicted octanol–water partition coefficient (Wildman–Crippen LogP) is 0.0852. The minimum atomic E-state index is -0.966. The van der Waals surface area contributed by atoms with E-state index in [4.69, 9.17) is 23.7 Å². The Morgan fingerprint density at radius 1 is 1.41 bits per heavy atom. The number of nitrogens with two attached hydrogens (primary N) is 2. The molecule has 94 valence electrons. The van der Waals surface area contributed by atoms with Gasteiger partial charge in [0.1, 0.15) is 6.10 Å². The summed E-state index contributed by atoms with van der Waals surface area (Å²) in [5.74, 6) is 0. The molecule has 0 saturated heterocycles. The lowest BCUT2D eigenvalue weighted by atomic mass is 10.0. The number of benzene rings is 1. The van der Waals surface area contributed by atoms with E-state index in [1.54, 1.807) is 24.3 Å². The molecule has 7 N–H and O–H groups in total. The van der Waals surface area contributed by atoms with Crippen LogP contribution in [0.3, 0.4) is 0 Å². The summed E-state index contributed by atoms with van der Waals surface area (Å²) < 4.78 is 0. The molecule has 6 heteroatoms. The van der Waals surface area contributed by atoms with E-state index < -0.39 is 12.2 Å². The van der Waals surface area contributed by atoms with Crippen LogP contribution in [0.15, 0.2) is 24.3 Å². The average Bonchev–Trinajstić information content (AvgIpc) is 2.28. The lowest BCUT2D eigenvalue weighted by Gasteiger charge is -2.18. The third-order valence-electron chi connectivity index (χ3n) is 2.32. The van der Waals surface area contributed by atoms with E-state index in [2.05, 4.69) is 5.32 Å². The molecule has 0 radical (unpaired) electrons. The monoisotopic (exact) mass is 255 g/mol. The number of aliphatic hydroxyl groups excluding tert-OH is 2. The van der Waals surface area contributed by atoms with Gasteiger partial charge >= 0.3 is 0 Å². The molecule has 0 fully saturated rings. The second-order valence-corrected chi connectivity index (χ2v) is 4.14. The van der Waals surface area contributed by atoms with E-state index in [0.29, 0.717) is 24.2 Å².